The predicted octanol–water partition coefficient (Wildman–Crippen LogP) is 17.6. The number of hydrogen-bond donors (Lipinski definition) is 0. The SMILES string of the molecule is Cc1c(-[n+]2ccccc2C)cc2ccccc2c1-c1cncn1C.Cc1c(-c2cncn2C)cc(C(C)(C)C)cc1-[n+]1cccnc1C.Cc1c(-c2cncn2C)cc2ccccc2c1-[n+]1ccccc1C.Cc1cc(-c2cncn2C)c(C)c(-[n+]2cccnc2C)c1.[C-]#[N+]c1cc(-c2cncn2C)c(C)c(-[n+]2cccnc2C)c1. The van der Waals surface area contributed by atoms with Crippen molar-refractivity contribution in [1.82, 2.24) is 62.7 Å². The highest BCUT2D eigenvalue weighted by Gasteiger charge is 2.27. The predicted molar refractivity (Wildman–Crippen MR) is 456 cm³/mol. The number of fused-ring (bicyclic) bond motifs is 2. The van der Waals surface area contributed by atoms with E-state index in [-0.39, 0.29) is 5.41 Å². The molecule has 0 aliphatic heterocycles. The van der Waals surface area contributed by atoms with Gasteiger partial charge >= 0.3 is 0 Å². The monoisotopic (exact) mass is 1520 g/mol. The zero-order valence-electron chi connectivity index (χ0n) is 69.3. The maximum atomic E-state index is 7.38. The lowest BCUT2D eigenvalue weighted by molar-refractivity contribution is -0.607. The topological polar surface area (TPSA) is 152 Å². The third-order valence-electron chi connectivity index (χ3n) is 21.5. The van der Waals surface area contributed by atoms with E-state index in [1.165, 1.54) is 106 Å². The van der Waals surface area contributed by atoms with Gasteiger partial charge in [0.15, 0.2) is 29.5 Å². The molecule has 10 aromatic heterocycles. The number of aromatic nitrogens is 18. The van der Waals surface area contributed by atoms with Crippen molar-refractivity contribution >= 4 is 27.2 Å². The zero-order valence-corrected chi connectivity index (χ0v) is 69.3. The maximum absolute atomic E-state index is 7.38. The quantitative estimate of drug-likeness (QED) is 0.0969. The highest BCUT2D eigenvalue weighted by atomic mass is 15.1. The zero-order chi connectivity index (χ0) is 81.5. The van der Waals surface area contributed by atoms with Crippen LogP contribution < -0.4 is 22.8 Å². The van der Waals surface area contributed by atoms with Crippen molar-refractivity contribution in [3.8, 4) is 84.7 Å². The van der Waals surface area contributed by atoms with Gasteiger partial charge in [-0.2, -0.15) is 9.13 Å². The number of rotatable bonds is 10. The van der Waals surface area contributed by atoms with E-state index in [0.717, 1.165) is 68.4 Å². The number of hydrogen-bond acceptors (Lipinski definition) is 8. The van der Waals surface area contributed by atoms with Crippen LogP contribution in [0.1, 0.15) is 88.6 Å². The molecule has 0 spiro atoms. The third-order valence-corrected chi connectivity index (χ3v) is 21.5. The molecule has 10 heterocycles. The summed E-state index contributed by atoms with van der Waals surface area (Å²) in [5.74, 6) is 2.83. The van der Waals surface area contributed by atoms with E-state index in [0.29, 0.717) is 5.69 Å². The van der Waals surface area contributed by atoms with Gasteiger partial charge in [0, 0.05) is 168 Å². The second-order valence-corrected chi connectivity index (χ2v) is 30.3. The summed E-state index contributed by atoms with van der Waals surface area (Å²) in [6, 6.07) is 52.9. The number of aryl methyl sites for hydroxylation is 11. The van der Waals surface area contributed by atoms with Gasteiger partial charge in [0.25, 0.3) is 17.5 Å². The molecule has 17 rings (SSSR count). The molecular weight excluding hydrogens is 1420 g/mol. The smallest absolute Gasteiger partial charge is 0.300 e. The van der Waals surface area contributed by atoms with E-state index in [1.807, 2.05) is 175 Å². The fraction of sp³-hybridized carbons (Fsp3) is 0.208. The molecule has 0 N–H and O–H groups in total. The minimum Gasteiger partial charge on any atom is -0.334 e. The summed E-state index contributed by atoms with van der Waals surface area (Å²) in [6.07, 6.45) is 34.5. The Morgan fingerprint density at radius 2 is 0.713 bits per heavy atom. The van der Waals surface area contributed by atoms with E-state index >= 15 is 0 Å². The molecule has 19 nitrogen and oxygen atoms in total. The molecular formula is C96H100N19+5. The van der Waals surface area contributed by atoms with Gasteiger partial charge in [0.05, 0.1) is 103 Å². The average molecular weight is 1520 g/mol. The fourth-order valence-electron chi connectivity index (χ4n) is 15.0. The first kappa shape index (κ1) is 79.2. The van der Waals surface area contributed by atoms with E-state index in [2.05, 4.69) is 299 Å². The van der Waals surface area contributed by atoms with Gasteiger partial charge in [-0.1, -0.05) is 90.3 Å². The van der Waals surface area contributed by atoms with Gasteiger partial charge in [-0.05, 0) is 128 Å². The maximum Gasteiger partial charge on any atom is 0.300 e. The lowest BCUT2D eigenvalue weighted by atomic mass is 9.84. The van der Waals surface area contributed by atoms with Gasteiger partial charge < -0.3 is 22.8 Å². The molecule has 7 aromatic carbocycles. The minimum absolute atomic E-state index is 0.0620. The van der Waals surface area contributed by atoms with Crippen LogP contribution in [0.25, 0.3) is 111 Å². The van der Waals surface area contributed by atoms with Crippen molar-refractivity contribution in [2.75, 3.05) is 0 Å². The Labute approximate surface area is 674 Å². The third kappa shape index (κ3) is 16.6. The van der Waals surface area contributed by atoms with E-state index in [1.54, 1.807) is 12.5 Å². The summed E-state index contributed by atoms with van der Waals surface area (Å²) in [4.78, 5) is 38.1. The average Bonchev–Trinajstić information content (AvgIpc) is 1.55. The molecule has 0 aliphatic carbocycles. The Balaban J connectivity index is 0.000000125. The molecule has 0 amide bonds. The van der Waals surface area contributed by atoms with Gasteiger partial charge in [-0.25, -0.2) is 43.5 Å². The van der Waals surface area contributed by atoms with Crippen LogP contribution in [0.3, 0.4) is 0 Å². The summed E-state index contributed by atoms with van der Waals surface area (Å²) in [7, 11) is 10.1. The lowest BCUT2D eigenvalue weighted by Crippen LogP contribution is -2.36. The van der Waals surface area contributed by atoms with Gasteiger partial charge in [0.1, 0.15) is 54.2 Å². The Bertz CT molecular complexity index is 6460. The molecule has 19 heteroatoms. The molecule has 115 heavy (non-hydrogen) atoms. The normalized spacial score (nSPS) is 11.1. The van der Waals surface area contributed by atoms with Gasteiger partial charge in [-0.15, -0.1) is 0 Å². The standard InChI is InChI=1S/2C21H20N3.C20H25N4.C17H16N5.C17H19N4/c1-15-8-6-7-11-24(15)19-12-17-9-4-5-10-18(17)21(16(19)2)20-13-22-14-23(20)3;1-15-8-6-7-11-24(15)21-16(2)19(20-13-22-14-23(20)3)12-17-9-4-5-10-18(17)21;1-14-17(19-12-21-13-23(19)6)10-16(20(3,4)5)11-18(14)24-9-7-8-22-15(24)2;1-12-15(17-10-19-11-21(17)4)8-14(18-3)9-16(12)22-7-5-6-20-13(22)2;1-12-8-15(17-10-18-11-20(17)4)13(2)16(9-12)21-7-5-6-19-14(21)3/h2*4-14H,1-3H3;7-13H,1-6H3;5-11H,1-2,4H3;5-11H,1-4H3/q5*+1. The second kappa shape index (κ2) is 34.0. The van der Waals surface area contributed by atoms with Crippen LogP contribution in [-0.4, -0.2) is 62.7 Å². The van der Waals surface area contributed by atoms with Crippen molar-refractivity contribution in [3.05, 3.63) is 343 Å². The number of benzene rings is 7. The second-order valence-electron chi connectivity index (χ2n) is 30.3. The van der Waals surface area contributed by atoms with Crippen LogP contribution in [0.15, 0.2) is 264 Å². The minimum atomic E-state index is 0.0620. The molecule has 0 unspecified atom stereocenters. The number of imidazole rings is 5. The fourth-order valence-corrected chi connectivity index (χ4v) is 15.0. The van der Waals surface area contributed by atoms with Crippen LogP contribution in [0.5, 0.6) is 0 Å². The molecule has 0 atom stereocenters. The molecule has 17 aromatic rings. The molecule has 0 fully saturated rings. The van der Waals surface area contributed by atoms with Crippen LogP contribution >= 0.6 is 0 Å². The molecule has 0 bridgehead atoms. The molecule has 0 saturated heterocycles. The molecule has 0 saturated carbocycles. The van der Waals surface area contributed by atoms with Crippen molar-refractivity contribution in [2.45, 2.75) is 102 Å². The summed E-state index contributed by atoms with van der Waals surface area (Å²) < 4.78 is 21.0. The van der Waals surface area contributed by atoms with E-state index in [4.69, 9.17) is 6.57 Å². The van der Waals surface area contributed by atoms with Crippen LogP contribution in [-0.2, 0) is 40.7 Å². The Kier molecular flexibility index (Phi) is 23.4. The Hall–Kier alpha value is -13.9. The summed E-state index contributed by atoms with van der Waals surface area (Å²) in [6.45, 7) is 37.3. The Morgan fingerprint density at radius 1 is 0.339 bits per heavy atom. The molecule has 574 valence electrons. The first-order valence-corrected chi connectivity index (χ1v) is 38.4. The van der Waals surface area contributed by atoms with Crippen LogP contribution in [0.4, 0.5) is 5.69 Å². The number of nitrogens with zero attached hydrogens (tertiary/aromatic N) is 19. The number of pyridine rings is 2. The first-order valence-electron chi connectivity index (χ1n) is 38.4. The van der Waals surface area contributed by atoms with Crippen LogP contribution in [0, 0.1) is 82.7 Å². The Morgan fingerprint density at radius 3 is 1.15 bits per heavy atom. The first-order chi connectivity index (χ1) is 55.3. The summed E-state index contributed by atoms with van der Waals surface area (Å²) in [5, 5.41) is 5.01. The summed E-state index contributed by atoms with van der Waals surface area (Å²) >= 11 is 0. The van der Waals surface area contributed by atoms with Crippen molar-refractivity contribution < 1.29 is 22.8 Å². The lowest BCUT2D eigenvalue weighted by Gasteiger charge is -2.22. The van der Waals surface area contributed by atoms with Crippen molar-refractivity contribution in [2.24, 2.45) is 35.2 Å². The molecule has 0 radical (unpaired) electrons. The highest BCUT2D eigenvalue weighted by molar-refractivity contribution is 5.99. The van der Waals surface area contributed by atoms with E-state index in [9.17, 15) is 0 Å². The highest BCUT2D eigenvalue weighted by Crippen LogP contribution is 2.38. The summed E-state index contributed by atoms with van der Waals surface area (Å²) in [5.41, 5.74) is 28.9. The van der Waals surface area contributed by atoms with E-state index < -0.39 is 0 Å². The largest absolute Gasteiger partial charge is 0.334 e. The van der Waals surface area contributed by atoms with Gasteiger partial charge in [0.2, 0.25) is 11.4 Å². The van der Waals surface area contributed by atoms with Crippen LogP contribution in [0.2, 0.25) is 0 Å². The molecule has 0 aliphatic rings. The van der Waals surface area contributed by atoms with Crippen molar-refractivity contribution in [1.29, 1.82) is 0 Å². The van der Waals surface area contributed by atoms with Crippen molar-refractivity contribution in [3.63, 3.8) is 0 Å². The van der Waals surface area contributed by atoms with Gasteiger partial charge in [-0.3, -0.25) is 0 Å².